The van der Waals surface area contributed by atoms with Crippen LogP contribution in [0.25, 0.3) is 0 Å². The van der Waals surface area contributed by atoms with Crippen molar-refractivity contribution in [2.45, 2.75) is 32.2 Å². The van der Waals surface area contributed by atoms with Gasteiger partial charge in [-0.2, -0.15) is 0 Å². The van der Waals surface area contributed by atoms with Gasteiger partial charge in [-0.05, 0) is 13.3 Å². The van der Waals surface area contributed by atoms with Gasteiger partial charge >= 0.3 is 5.97 Å². The second-order valence-corrected chi connectivity index (χ2v) is 2.81. The molecule has 1 N–H and O–H groups in total. The first-order chi connectivity index (χ1) is 5.72. The quantitative estimate of drug-likeness (QED) is 0.618. The molecule has 1 rings (SSSR count). The minimum Gasteiger partial charge on any atom is -0.466 e. The number of ether oxygens (including phenoxy) is 1. The second kappa shape index (κ2) is 4.09. The number of carbonyl (C=O) groups is 2. The molecule has 0 aromatic carbocycles. The molecule has 0 saturated carbocycles. The Morgan fingerprint density at radius 2 is 2.50 bits per heavy atom. The van der Waals surface area contributed by atoms with Crippen molar-refractivity contribution in [1.29, 1.82) is 0 Å². The summed E-state index contributed by atoms with van der Waals surface area (Å²) in [5.41, 5.74) is 0. The maximum atomic E-state index is 10.9. The Morgan fingerprint density at radius 1 is 1.75 bits per heavy atom. The lowest BCUT2D eigenvalue weighted by Gasteiger charge is -2.07. The highest BCUT2D eigenvalue weighted by molar-refractivity contribution is 5.80. The van der Waals surface area contributed by atoms with E-state index in [0.717, 1.165) is 6.42 Å². The fraction of sp³-hybridized carbons (Fsp3) is 0.750. The van der Waals surface area contributed by atoms with Gasteiger partial charge in [0.25, 0.3) is 0 Å². The van der Waals surface area contributed by atoms with E-state index in [4.69, 9.17) is 4.74 Å². The lowest BCUT2D eigenvalue weighted by molar-refractivity contribution is -0.143. The molecular formula is C8H13NO3. The minimum absolute atomic E-state index is 0.00319. The predicted molar refractivity (Wildman–Crippen MR) is 42.4 cm³/mol. The molecule has 68 valence electrons. The molecule has 0 aliphatic carbocycles. The number of nitrogens with one attached hydrogen (secondary N) is 1. The largest absolute Gasteiger partial charge is 0.466 e. The van der Waals surface area contributed by atoms with Crippen molar-refractivity contribution >= 4 is 11.9 Å². The molecule has 0 aromatic heterocycles. The van der Waals surface area contributed by atoms with E-state index >= 15 is 0 Å². The maximum Gasteiger partial charge on any atom is 0.307 e. The van der Waals surface area contributed by atoms with Crippen LogP contribution < -0.4 is 5.32 Å². The van der Waals surface area contributed by atoms with E-state index in [1.807, 2.05) is 0 Å². The van der Waals surface area contributed by atoms with Gasteiger partial charge in [-0.25, -0.2) is 0 Å². The SMILES string of the molecule is CCOC(=O)CC1CCC(=O)N1. The number of amides is 1. The van der Waals surface area contributed by atoms with Gasteiger partial charge in [0.15, 0.2) is 0 Å². The smallest absolute Gasteiger partial charge is 0.307 e. The van der Waals surface area contributed by atoms with Crippen LogP contribution in [-0.4, -0.2) is 24.5 Å². The summed E-state index contributed by atoms with van der Waals surface area (Å²) in [4.78, 5) is 21.7. The molecule has 1 saturated heterocycles. The zero-order valence-electron chi connectivity index (χ0n) is 7.13. The number of carbonyl (C=O) groups excluding carboxylic acids is 2. The summed E-state index contributed by atoms with van der Waals surface area (Å²) >= 11 is 0. The highest BCUT2D eigenvalue weighted by atomic mass is 16.5. The average molecular weight is 171 g/mol. The van der Waals surface area contributed by atoms with Crippen molar-refractivity contribution in [3.8, 4) is 0 Å². The Kier molecular flexibility index (Phi) is 3.08. The van der Waals surface area contributed by atoms with Gasteiger partial charge in [-0.1, -0.05) is 0 Å². The summed E-state index contributed by atoms with van der Waals surface area (Å²) in [6.45, 7) is 2.17. The van der Waals surface area contributed by atoms with Gasteiger partial charge in [0.05, 0.1) is 13.0 Å². The van der Waals surface area contributed by atoms with Gasteiger partial charge in [0.1, 0.15) is 0 Å². The number of esters is 1. The van der Waals surface area contributed by atoms with Crippen molar-refractivity contribution < 1.29 is 14.3 Å². The standard InChI is InChI=1S/C8H13NO3/c1-2-12-8(11)5-6-3-4-7(10)9-6/h6H,2-5H2,1H3,(H,9,10). The van der Waals surface area contributed by atoms with Crippen LogP contribution in [0.3, 0.4) is 0 Å². The van der Waals surface area contributed by atoms with E-state index in [9.17, 15) is 9.59 Å². The molecule has 1 unspecified atom stereocenters. The van der Waals surface area contributed by atoms with Crippen molar-refractivity contribution in [2.75, 3.05) is 6.61 Å². The average Bonchev–Trinajstić information content (AvgIpc) is 2.36. The summed E-state index contributed by atoms with van der Waals surface area (Å²) in [5, 5.41) is 2.70. The molecule has 1 fully saturated rings. The molecule has 4 heteroatoms. The van der Waals surface area contributed by atoms with Crippen molar-refractivity contribution in [3.63, 3.8) is 0 Å². The van der Waals surface area contributed by atoms with Crippen LogP contribution in [0.15, 0.2) is 0 Å². The van der Waals surface area contributed by atoms with Crippen LogP contribution in [-0.2, 0) is 14.3 Å². The van der Waals surface area contributed by atoms with Crippen LogP contribution in [0.5, 0.6) is 0 Å². The van der Waals surface area contributed by atoms with Crippen LogP contribution in [0.1, 0.15) is 26.2 Å². The van der Waals surface area contributed by atoms with Crippen molar-refractivity contribution in [1.82, 2.24) is 5.32 Å². The summed E-state index contributed by atoms with van der Waals surface area (Å²) in [7, 11) is 0. The Bertz CT molecular complexity index is 191. The lowest BCUT2D eigenvalue weighted by atomic mass is 10.2. The number of hydrogen-bond acceptors (Lipinski definition) is 3. The first-order valence-corrected chi connectivity index (χ1v) is 4.17. The third-order valence-corrected chi connectivity index (χ3v) is 1.80. The molecule has 1 aliphatic heterocycles. The van der Waals surface area contributed by atoms with Gasteiger partial charge in [-0.15, -0.1) is 0 Å². The molecule has 0 aromatic rings. The lowest BCUT2D eigenvalue weighted by Crippen LogP contribution is -2.28. The molecule has 0 bridgehead atoms. The third-order valence-electron chi connectivity index (χ3n) is 1.80. The molecule has 12 heavy (non-hydrogen) atoms. The maximum absolute atomic E-state index is 10.9. The summed E-state index contributed by atoms with van der Waals surface area (Å²) < 4.78 is 4.75. The Labute approximate surface area is 71.3 Å². The van der Waals surface area contributed by atoms with Gasteiger partial charge in [0.2, 0.25) is 5.91 Å². The van der Waals surface area contributed by atoms with Crippen molar-refractivity contribution in [2.24, 2.45) is 0 Å². The molecule has 1 atom stereocenters. The summed E-state index contributed by atoms with van der Waals surface area (Å²) in [5.74, 6) is -0.200. The zero-order chi connectivity index (χ0) is 8.97. The van der Waals surface area contributed by atoms with E-state index < -0.39 is 0 Å². The Balaban J connectivity index is 2.23. The van der Waals surface area contributed by atoms with E-state index in [0.29, 0.717) is 19.4 Å². The predicted octanol–water partition coefficient (Wildman–Crippen LogP) is 0.218. The topological polar surface area (TPSA) is 55.4 Å². The summed E-state index contributed by atoms with van der Waals surface area (Å²) in [6, 6.07) is -0.00319. The molecule has 0 radical (unpaired) electrons. The van der Waals surface area contributed by atoms with E-state index in [1.165, 1.54) is 0 Å². The fourth-order valence-electron chi connectivity index (χ4n) is 1.25. The zero-order valence-corrected chi connectivity index (χ0v) is 7.13. The number of hydrogen-bond donors (Lipinski definition) is 1. The van der Waals surface area contributed by atoms with Crippen LogP contribution >= 0.6 is 0 Å². The van der Waals surface area contributed by atoms with E-state index in [1.54, 1.807) is 6.92 Å². The molecular weight excluding hydrogens is 158 g/mol. The molecule has 1 heterocycles. The van der Waals surface area contributed by atoms with Gasteiger partial charge in [-0.3, -0.25) is 9.59 Å². The first-order valence-electron chi connectivity index (χ1n) is 4.17. The Hall–Kier alpha value is -1.06. The highest BCUT2D eigenvalue weighted by Crippen LogP contribution is 2.10. The molecule has 4 nitrogen and oxygen atoms in total. The van der Waals surface area contributed by atoms with Crippen LogP contribution in [0.4, 0.5) is 0 Å². The first kappa shape index (κ1) is 9.03. The van der Waals surface area contributed by atoms with Crippen LogP contribution in [0, 0.1) is 0 Å². The normalized spacial score (nSPS) is 22.1. The monoisotopic (exact) mass is 171 g/mol. The minimum atomic E-state index is -0.232. The Morgan fingerprint density at radius 3 is 3.00 bits per heavy atom. The highest BCUT2D eigenvalue weighted by Gasteiger charge is 2.23. The molecule has 1 amide bonds. The van der Waals surface area contributed by atoms with E-state index in [-0.39, 0.29) is 17.9 Å². The summed E-state index contributed by atoms with van der Waals surface area (Å²) in [6.07, 6.45) is 1.58. The van der Waals surface area contributed by atoms with Gasteiger partial charge < -0.3 is 10.1 Å². The fourth-order valence-corrected chi connectivity index (χ4v) is 1.25. The van der Waals surface area contributed by atoms with Crippen LogP contribution in [0.2, 0.25) is 0 Å². The third kappa shape index (κ3) is 2.53. The number of rotatable bonds is 3. The van der Waals surface area contributed by atoms with Gasteiger partial charge in [0, 0.05) is 12.5 Å². The molecule has 1 aliphatic rings. The molecule has 0 spiro atoms. The van der Waals surface area contributed by atoms with E-state index in [2.05, 4.69) is 5.32 Å². The second-order valence-electron chi connectivity index (χ2n) is 2.81. The van der Waals surface area contributed by atoms with Crippen molar-refractivity contribution in [3.05, 3.63) is 0 Å².